The largest absolute Gasteiger partial charge is 0.517 e. The number of amides is 2. The van der Waals surface area contributed by atoms with Crippen molar-refractivity contribution in [3.63, 3.8) is 0 Å². The molecule has 0 aromatic rings. The van der Waals surface area contributed by atoms with Crippen LogP contribution in [0.2, 0.25) is 0 Å². The van der Waals surface area contributed by atoms with E-state index < -0.39 is 28.5 Å². The Kier molecular flexibility index (Phi) is 5.87. The highest BCUT2D eigenvalue weighted by molar-refractivity contribution is 7.86. The minimum atomic E-state index is -3.67. The van der Waals surface area contributed by atoms with Crippen LogP contribution in [0.3, 0.4) is 0 Å². The summed E-state index contributed by atoms with van der Waals surface area (Å²) in [4.78, 5) is 28.6. The molecule has 3 atom stereocenters. The Morgan fingerprint density at radius 2 is 2.12 bits per heavy atom. The average Bonchev–Trinajstić information content (AvgIpc) is 2.80. The molecule has 2 amide bonds. The molecule has 2 rings (SSSR count). The fourth-order valence-electron chi connectivity index (χ4n) is 3.43. The fourth-order valence-corrected chi connectivity index (χ4v) is 4.07. The van der Waals surface area contributed by atoms with E-state index in [0.29, 0.717) is 13.1 Å². The number of piperazine rings is 1. The van der Waals surface area contributed by atoms with Gasteiger partial charge in [0.1, 0.15) is 19.3 Å². The molecule has 0 spiro atoms. The zero-order valence-corrected chi connectivity index (χ0v) is 15.7. The van der Waals surface area contributed by atoms with Crippen molar-refractivity contribution in [2.24, 2.45) is 0 Å². The number of quaternary nitrogens is 1. The monoisotopic (exact) mass is 376 g/mol. The quantitative estimate of drug-likeness (QED) is 0.366. The molecule has 2 aliphatic heterocycles. The Labute approximate surface area is 148 Å². The second-order valence-electron chi connectivity index (χ2n) is 6.78. The first-order valence-corrected chi connectivity index (χ1v) is 9.88. The van der Waals surface area contributed by atoms with E-state index in [1.807, 2.05) is 11.9 Å². The SMILES string of the molecule is C=CCOC(=O)[N+]1(C)C[C@H](OS(C)(=O)=O)C[C@H]1N1CCN(C)CC1=O. The van der Waals surface area contributed by atoms with Crippen LogP contribution in [0.5, 0.6) is 0 Å². The smallest absolute Gasteiger partial charge is 0.416 e. The number of carbonyl (C=O) groups excluding carboxylic acids is 2. The Bertz CT molecular complexity index is 652. The van der Waals surface area contributed by atoms with Crippen LogP contribution < -0.4 is 0 Å². The molecule has 142 valence electrons. The predicted molar refractivity (Wildman–Crippen MR) is 89.9 cm³/mol. The van der Waals surface area contributed by atoms with Crippen molar-refractivity contribution in [3.8, 4) is 0 Å². The predicted octanol–water partition coefficient (Wildman–Crippen LogP) is -0.396. The molecule has 0 aromatic heterocycles. The highest BCUT2D eigenvalue weighted by Gasteiger charge is 2.55. The van der Waals surface area contributed by atoms with Gasteiger partial charge < -0.3 is 4.74 Å². The van der Waals surface area contributed by atoms with Crippen LogP contribution in [0.15, 0.2) is 12.7 Å². The minimum absolute atomic E-state index is 0.0493. The summed E-state index contributed by atoms with van der Waals surface area (Å²) in [5, 5.41) is 0. The van der Waals surface area contributed by atoms with Crippen LogP contribution in [-0.2, 0) is 23.8 Å². The van der Waals surface area contributed by atoms with Crippen LogP contribution in [-0.4, -0.2) is 100 Å². The van der Waals surface area contributed by atoms with Gasteiger partial charge in [-0.3, -0.25) is 18.8 Å². The molecule has 0 bridgehead atoms. The van der Waals surface area contributed by atoms with Crippen molar-refractivity contribution >= 4 is 22.1 Å². The molecule has 0 aliphatic carbocycles. The van der Waals surface area contributed by atoms with Crippen molar-refractivity contribution in [2.45, 2.75) is 18.7 Å². The van der Waals surface area contributed by atoms with Crippen molar-refractivity contribution in [3.05, 3.63) is 12.7 Å². The van der Waals surface area contributed by atoms with Gasteiger partial charge in [-0.1, -0.05) is 12.7 Å². The van der Waals surface area contributed by atoms with Gasteiger partial charge in [0.2, 0.25) is 5.91 Å². The van der Waals surface area contributed by atoms with E-state index in [1.54, 1.807) is 11.9 Å². The van der Waals surface area contributed by atoms with Crippen molar-refractivity contribution in [2.75, 3.05) is 53.1 Å². The summed E-state index contributed by atoms with van der Waals surface area (Å²) < 4.78 is 33.0. The summed E-state index contributed by atoms with van der Waals surface area (Å²) in [5.74, 6) is -0.0976. The molecule has 2 aliphatic rings. The fraction of sp³-hybridized carbons (Fsp3) is 0.733. The van der Waals surface area contributed by atoms with Crippen LogP contribution >= 0.6 is 0 Å². The van der Waals surface area contributed by atoms with Gasteiger partial charge in [0.25, 0.3) is 10.1 Å². The summed E-state index contributed by atoms with van der Waals surface area (Å²) in [6, 6.07) is 0. The Morgan fingerprint density at radius 3 is 2.68 bits per heavy atom. The lowest BCUT2D eigenvalue weighted by atomic mass is 10.2. The number of hydrogen-bond donors (Lipinski definition) is 0. The lowest BCUT2D eigenvalue weighted by Crippen LogP contribution is -2.64. The number of rotatable bonds is 5. The summed E-state index contributed by atoms with van der Waals surface area (Å²) in [6.45, 7) is 5.09. The summed E-state index contributed by atoms with van der Waals surface area (Å²) in [5.41, 5.74) is 0. The van der Waals surface area contributed by atoms with Gasteiger partial charge >= 0.3 is 6.09 Å². The number of nitrogens with zero attached hydrogens (tertiary/aromatic N) is 3. The highest BCUT2D eigenvalue weighted by Crippen LogP contribution is 2.32. The van der Waals surface area contributed by atoms with Gasteiger partial charge in [-0.2, -0.15) is 13.2 Å². The summed E-state index contributed by atoms with van der Waals surface area (Å²) in [6.07, 6.45) is 0.945. The second kappa shape index (κ2) is 7.40. The van der Waals surface area contributed by atoms with E-state index in [4.69, 9.17) is 8.92 Å². The maximum absolute atomic E-state index is 12.6. The van der Waals surface area contributed by atoms with E-state index in [0.717, 1.165) is 6.26 Å². The van der Waals surface area contributed by atoms with Crippen LogP contribution in [0.1, 0.15) is 6.42 Å². The van der Waals surface area contributed by atoms with Crippen LogP contribution in [0.25, 0.3) is 0 Å². The maximum atomic E-state index is 12.6. The van der Waals surface area contributed by atoms with Gasteiger partial charge in [-0.15, -0.1) is 0 Å². The van der Waals surface area contributed by atoms with Crippen molar-refractivity contribution < 1.29 is 31.4 Å². The third kappa shape index (κ3) is 4.57. The topological polar surface area (TPSA) is 93.2 Å². The normalized spacial score (nSPS) is 31.2. The molecular formula is C15H26N3O6S+. The first-order chi connectivity index (χ1) is 11.6. The van der Waals surface area contributed by atoms with Crippen molar-refractivity contribution in [1.82, 2.24) is 9.80 Å². The van der Waals surface area contributed by atoms with Gasteiger partial charge in [0.15, 0.2) is 6.17 Å². The van der Waals surface area contributed by atoms with Gasteiger partial charge in [0, 0.05) is 13.1 Å². The zero-order chi connectivity index (χ0) is 18.8. The number of likely N-dealkylation sites (tertiary alicyclic amines) is 1. The molecule has 2 fully saturated rings. The molecule has 0 saturated carbocycles. The second-order valence-corrected chi connectivity index (χ2v) is 8.38. The molecule has 0 aromatic carbocycles. The molecule has 10 heteroatoms. The van der Waals surface area contributed by atoms with Crippen LogP contribution in [0.4, 0.5) is 4.79 Å². The molecular weight excluding hydrogens is 350 g/mol. The van der Waals surface area contributed by atoms with Gasteiger partial charge in [0.05, 0.1) is 26.3 Å². The third-order valence-electron chi connectivity index (χ3n) is 4.57. The third-order valence-corrected chi connectivity index (χ3v) is 5.20. The standard InChI is InChI=1S/C15H26N3O6S/c1-5-8-23-15(20)18(3)11-12(24-25(4,21)22)9-13(18)17-7-6-16(2)10-14(17)19/h5,12-13H,1,6-11H2,2-4H3/q+1/t12-,13+,18?/m1/s1. The Hall–Kier alpha value is -1.49. The average molecular weight is 376 g/mol. The molecule has 0 N–H and O–H groups in total. The van der Waals surface area contributed by atoms with Crippen LogP contribution in [0, 0.1) is 0 Å². The number of likely N-dealkylation sites (N-methyl/N-ethyl adjacent to an activating group) is 2. The molecule has 9 nitrogen and oxygen atoms in total. The zero-order valence-electron chi connectivity index (χ0n) is 14.9. The first-order valence-electron chi connectivity index (χ1n) is 8.06. The highest BCUT2D eigenvalue weighted by atomic mass is 32.2. The van der Waals surface area contributed by atoms with E-state index in [9.17, 15) is 18.0 Å². The Balaban J connectivity index is 2.26. The van der Waals surface area contributed by atoms with E-state index in [-0.39, 0.29) is 36.5 Å². The molecule has 2 saturated heterocycles. The molecule has 1 unspecified atom stereocenters. The first kappa shape index (κ1) is 19.8. The van der Waals surface area contributed by atoms with E-state index in [1.165, 1.54) is 6.08 Å². The molecule has 2 heterocycles. The Morgan fingerprint density at radius 1 is 1.44 bits per heavy atom. The van der Waals surface area contributed by atoms with E-state index in [2.05, 4.69) is 6.58 Å². The lowest BCUT2D eigenvalue weighted by Gasteiger charge is -2.41. The van der Waals surface area contributed by atoms with E-state index >= 15 is 0 Å². The number of ether oxygens (including phenoxy) is 1. The molecule has 0 radical (unpaired) electrons. The van der Waals surface area contributed by atoms with Gasteiger partial charge in [-0.05, 0) is 7.05 Å². The minimum Gasteiger partial charge on any atom is -0.416 e. The number of hydrogen-bond acceptors (Lipinski definition) is 7. The van der Waals surface area contributed by atoms with Crippen molar-refractivity contribution in [1.29, 1.82) is 0 Å². The maximum Gasteiger partial charge on any atom is 0.517 e. The summed E-state index contributed by atoms with van der Waals surface area (Å²) in [7, 11) is -0.168. The lowest BCUT2D eigenvalue weighted by molar-refractivity contribution is -0.862. The number of carbonyl (C=O) groups is 2. The summed E-state index contributed by atoms with van der Waals surface area (Å²) >= 11 is 0. The van der Waals surface area contributed by atoms with Gasteiger partial charge in [-0.25, -0.2) is 4.48 Å². The molecule has 25 heavy (non-hydrogen) atoms.